The molecule has 0 aliphatic rings. The Bertz CT molecular complexity index is 984. The lowest BCUT2D eigenvalue weighted by Crippen LogP contribution is -2.01. The lowest BCUT2D eigenvalue weighted by molar-refractivity contribution is 0.0978. The summed E-state index contributed by atoms with van der Waals surface area (Å²) in [5.41, 5.74) is 4.64. The molecule has 3 aromatic rings. The molecule has 0 spiro atoms. The van der Waals surface area contributed by atoms with E-state index in [1.54, 1.807) is 6.20 Å². The number of benzene rings is 2. The van der Waals surface area contributed by atoms with Crippen LogP contribution in [0.2, 0.25) is 0 Å². The van der Waals surface area contributed by atoms with Crippen molar-refractivity contribution in [3.63, 3.8) is 0 Å². The highest BCUT2D eigenvalue weighted by Crippen LogP contribution is 2.26. The Morgan fingerprint density at radius 1 is 1.03 bits per heavy atom. The van der Waals surface area contributed by atoms with Crippen molar-refractivity contribution in [3.8, 4) is 5.75 Å². The highest BCUT2D eigenvalue weighted by molar-refractivity contribution is 5.97. The number of ether oxygens (including phenoxy) is 1. The van der Waals surface area contributed by atoms with Gasteiger partial charge in [-0.25, -0.2) is 0 Å². The van der Waals surface area contributed by atoms with E-state index >= 15 is 0 Å². The Morgan fingerprint density at radius 2 is 1.90 bits per heavy atom. The molecule has 0 fully saturated rings. The molecule has 4 heteroatoms. The van der Waals surface area contributed by atoms with Crippen LogP contribution in [0.15, 0.2) is 66.9 Å². The van der Waals surface area contributed by atoms with Gasteiger partial charge < -0.3 is 10.1 Å². The molecule has 3 rings (SSSR count). The molecule has 0 unspecified atom stereocenters. The molecule has 1 aromatic heterocycles. The van der Waals surface area contributed by atoms with E-state index in [1.165, 1.54) is 6.42 Å². The Kier molecular flexibility index (Phi) is 8.22. The van der Waals surface area contributed by atoms with E-state index < -0.39 is 0 Å². The zero-order valence-corrected chi connectivity index (χ0v) is 18.7. The number of rotatable bonds is 11. The van der Waals surface area contributed by atoms with Crippen LogP contribution in [-0.4, -0.2) is 10.8 Å². The number of pyridine rings is 1. The predicted octanol–water partition coefficient (Wildman–Crippen LogP) is 7.11. The van der Waals surface area contributed by atoms with Crippen LogP contribution >= 0.6 is 0 Å². The molecule has 1 heterocycles. The zero-order chi connectivity index (χ0) is 22.1. The van der Waals surface area contributed by atoms with Crippen molar-refractivity contribution in [2.75, 3.05) is 5.32 Å². The van der Waals surface area contributed by atoms with Gasteiger partial charge >= 0.3 is 0 Å². The van der Waals surface area contributed by atoms with E-state index in [4.69, 9.17) is 4.74 Å². The van der Waals surface area contributed by atoms with Crippen molar-refractivity contribution in [3.05, 3.63) is 83.7 Å². The van der Waals surface area contributed by atoms with Crippen LogP contribution < -0.4 is 10.1 Å². The van der Waals surface area contributed by atoms with Crippen LogP contribution in [0.25, 0.3) is 0 Å². The van der Waals surface area contributed by atoms with Crippen LogP contribution in [0.3, 0.4) is 0 Å². The minimum Gasteiger partial charge on any atom is -0.487 e. The largest absolute Gasteiger partial charge is 0.487 e. The van der Waals surface area contributed by atoms with Crippen LogP contribution in [0.4, 0.5) is 11.4 Å². The molecule has 0 saturated heterocycles. The number of Topliss-reactive ketones (excluding diaryl/α,β-unsaturated/α-hetero) is 1. The highest BCUT2D eigenvalue weighted by Gasteiger charge is 2.08. The first-order valence-electron chi connectivity index (χ1n) is 11.0. The van der Waals surface area contributed by atoms with Crippen LogP contribution in [0.1, 0.15) is 61.1 Å². The van der Waals surface area contributed by atoms with Crippen molar-refractivity contribution in [2.24, 2.45) is 5.92 Å². The third kappa shape index (κ3) is 7.25. The second-order valence-corrected chi connectivity index (χ2v) is 8.36. The number of nitrogens with one attached hydrogen (secondary N) is 1. The smallest absolute Gasteiger partial charge is 0.162 e. The summed E-state index contributed by atoms with van der Waals surface area (Å²) < 4.78 is 5.86. The lowest BCUT2D eigenvalue weighted by atomic mass is 10.0. The highest BCUT2D eigenvalue weighted by atomic mass is 16.5. The fourth-order valence-corrected chi connectivity index (χ4v) is 3.42. The maximum atomic E-state index is 12.5. The summed E-state index contributed by atoms with van der Waals surface area (Å²) in [5, 5.41) is 3.43. The first kappa shape index (κ1) is 22.5. The SMILES string of the molecule is Cc1cc(OCc2ccccn2)ccc1Nc1cccc(C(=O)CCCCC(C)C)c1. The minimum atomic E-state index is 0.211. The summed E-state index contributed by atoms with van der Waals surface area (Å²) in [6.45, 7) is 6.92. The topological polar surface area (TPSA) is 51.2 Å². The minimum absolute atomic E-state index is 0.211. The molecule has 0 aliphatic carbocycles. The molecule has 162 valence electrons. The first-order chi connectivity index (χ1) is 15.0. The van der Waals surface area contributed by atoms with Gasteiger partial charge in [0, 0.05) is 29.6 Å². The maximum absolute atomic E-state index is 12.5. The third-order valence-electron chi connectivity index (χ3n) is 5.21. The Balaban J connectivity index is 1.58. The predicted molar refractivity (Wildman–Crippen MR) is 127 cm³/mol. The molecular weight excluding hydrogens is 384 g/mol. The molecule has 0 atom stereocenters. The van der Waals surface area contributed by atoms with E-state index in [9.17, 15) is 4.79 Å². The Morgan fingerprint density at radius 3 is 2.65 bits per heavy atom. The summed E-state index contributed by atoms with van der Waals surface area (Å²) >= 11 is 0. The van der Waals surface area contributed by atoms with Gasteiger partial charge in [0.2, 0.25) is 0 Å². The van der Waals surface area contributed by atoms with Gasteiger partial charge in [-0.05, 0) is 67.3 Å². The number of carbonyl (C=O) groups is 1. The molecule has 4 nitrogen and oxygen atoms in total. The number of hydrogen-bond acceptors (Lipinski definition) is 4. The number of aryl methyl sites for hydroxylation is 1. The second kappa shape index (κ2) is 11.3. The van der Waals surface area contributed by atoms with Crippen LogP contribution in [0, 0.1) is 12.8 Å². The van der Waals surface area contributed by atoms with Crippen LogP contribution in [-0.2, 0) is 6.61 Å². The summed E-state index contributed by atoms with van der Waals surface area (Å²) in [5.74, 6) is 1.71. The van der Waals surface area contributed by atoms with Gasteiger partial charge in [0.05, 0.1) is 5.69 Å². The standard InChI is InChI=1S/C27H32N2O2/c1-20(2)9-4-5-13-27(30)22-10-8-12-23(18-22)29-26-15-14-25(17-21(26)3)31-19-24-11-6-7-16-28-24/h6-8,10-12,14-18,20,29H,4-5,9,13,19H2,1-3H3. The zero-order valence-electron chi connectivity index (χ0n) is 18.7. The molecule has 2 aromatic carbocycles. The number of carbonyl (C=O) groups excluding carboxylic acids is 1. The Hall–Kier alpha value is -3.14. The lowest BCUT2D eigenvalue weighted by Gasteiger charge is -2.13. The van der Waals surface area contributed by atoms with Crippen molar-refractivity contribution in [1.82, 2.24) is 4.98 Å². The number of hydrogen-bond donors (Lipinski definition) is 1. The second-order valence-electron chi connectivity index (χ2n) is 8.36. The van der Waals surface area contributed by atoms with E-state index in [1.807, 2.05) is 67.6 Å². The third-order valence-corrected chi connectivity index (χ3v) is 5.21. The Labute approximate surface area is 185 Å². The number of anilines is 2. The molecule has 0 amide bonds. The number of aromatic nitrogens is 1. The quantitative estimate of drug-likeness (QED) is 0.267. The van der Waals surface area contributed by atoms with E-state index in [0.29, 0.717) is 18.9 Å². The van der Waals surface area contributed by atoms with Gasteiger partial charge in [-0.2, -0.15) is 0 Å². The number of nitrogens with zero attached hydrogens (tertiary/aromatic N) is 1. The fourth-order valence-electron chi connectivity index (χ4n) is 3.42. The van der Waals surface area contributed by atoms with E-state index in [0.717, 1.165) is 46.8 Å². The normalized spacial score (nSPS) is 10.8. The maximum Gasteiger partial charge on any atom is 0.162 e. The number of unbranched alkanes of at least 4 members (excludes halogenated alkanes) is 1. The van der Waals surface area contributed by atoms with Gasteiger partial charge in [0.15, 0.2) is 5.78 Å². The molecule has 0 bridgehead atoms. The molecule has 0 saturated carbocycles. The first-order valence-corrected chi connectivity index (χ1v) is 11.0. The van der Waals surface area contributed by atoms with E-state index in [2.05, 4.69) is 24.1 Å². The number of ketones is 1. The van der Waals surface area contributed by atoms with Gasteiger partial charge in [0.25, 0.3) is 0 Å². The van der Waals surface area contributed by atoms with Crippen molar-refractivity contribution in [2.45, 2.75) is 53.1 Å². The van der Waals surface area contributed by atoms with Crippen LogP contribution in [0.5, 0.6) is 5.75 Å². The average molecular weight is 417 g/mol. The van der Waals surface area contributed by atoms with Crippen molar-refractivity contribution >= 4 is 17.2 Å². The summed E-state index contributed by atoms with van der Waals surface area (Å²) in [4.78, 5) is 16.8. The molecule has 0 aliphatic heterocycles. The van der Waals surface area contributed by atoms with Gasteiger partial charge in [-0.3, -0.25) is 9.78 Å². The molecule has 31 heavy (non-hydrogen) atoms. The fraction of sp³-hybridized carbons (Fsp3) is 0.333. The molecular formula is C27H32N2O2. The molecule has 1 N–H and O–H groups in total. The van der Waals surface area contributed by atoms with Gasteiger partial charge in [0.1, 0.15) is 12.4 Å². The molecule has 0 radical (unpaired) electrons. The van der Waals surface area contributed by atoms with Gasteiger partial charge in [-0.1, -0.05) is 44.9 Å². The van der Waals surface area contributed by atoms with Gasteiger partial charge in [-0.15, -0.1) is 0 Å². The summed E-state index contributed by atoms with van der Waals surface area (Å²) in [7, 11) is 0. The monoisotopic (exact) mass is 416 g/mol. The summed E-state index contributed by atoms with van der Waals surface area (Å²) in [6.07, 6.45) is 5.61. The summed E-state index contributed by atoms with van der Waals surface area (Å²) in [6, 6.07) is 19.5. The average Bonchev–Trinajstić information content (AvgIpc) is 2.77. The van der Waals surface area contributed by atoms with Crippen molar-refractivity contribution in [1.29, 1.82) is 0 Å². The van der Waals surface area contributed by atoms with E-state index in [-0.39, 0.29) is 5.78 Å². The van der Waals surface area contributed by atoms with Crippen molar-refractivity contribution < 1.29 is 9.53 Å².